The van der Waals surface area contributed by atoms with Crippen molar-refractivity contribution in [3.63, 3.8) is 0 Å². The number of carbonyl (C=O) groups is 2. The van der Waals surface area contributed by atoms with Gasteiger partial charge in [-0.2, -0.15) is 0 Å². The number of nitrogens with zero attached hydrogens (tertiary/aromatic N) is 1. The van der Waals surface area contributed by atoms with E-state index in [1.165, 1.54) is 11.9 Å². The molecule has 0 aromatic heterocycles. The summed E-state index contributed by atoms with van der Waals surface area (Å²) in [5.74, 6) is -1.20. The highest BCUT2D eigenvalue weighted by Gasteiger charge is 2.33. The smallest absolute Gasteiger partial charge is 0.445 e. The second kappa shape index (κ2) is 12.4. The maximum atomic E-state index is 13.4. The Balaban J connectivity index is 1.84. The van der Waals surface area contributed by atoms with Crippen LogP contribution in [0.4, 0.5) is 4.79 Å². The number of nitrogens with one attached hydrogen (secondary N) is 1. The van der Waals surface area contributed by atoms with Crippen LogP contribution < -0.4 is 5.32 Å². The van der Waals surface area contributed by atoms with Crippen molar-refractivity contribution in [1.82, 2.24) is 10.2 Å². The van der Waals surface area contributed by atoms with Gasteiger partial charge in [0.25, 0.3) is 0 Å². The van der Waals surface area contributed by atoms with Gasteiger partial charge in [-0.15, -0.1) is 0 Å². The summed E-state index contributed by atoms with van der Waals surface area (Å²) in [6.07, 6.45) is -0.0220. The van der Waals surface area contributed by atoms with Crippen molar-refractivity contribution in [3.8, 4) is 0 Å². The number of hydrogen-bond acceptors (Lipinski definition) is 5. The van der Waals surface area contributed by atoms with Crippen LogP contribution in [0.1, 0.15) is 31.4 Å². The SMILES string of the molecule is CC(C)C[C@H](NC(=O)[C@H](Cc1cccc2ccccc12)N(C)C(=O)OCc1ccccc1)B(O)O. The van der Waals surface area contributed by atoms with Crippen molar-refractivity contribution < 1.29 is 24.4 Å². The van der Waals surface area contributed by atoms with Crippen molar-refractivity contribution in [1.29, 1.82) is 0 Å². The van der Waals surface area contributed by atoms with E-state index in [-0.39, 0.29) is 18.9 Å². The summed E-state index contributed by atoms with van der Waals surface area (Å²) in [6, 6.07) is 22.1. The molecule has 0 saturated heterocycles. The highest BCUT2D eigenvalue weighted by Crippen LogP contribution is 2.22. The minimum atomic E-state index is -1.71. The first kappa shape index (κ1) is 26.3. The van der Waals surface area contributed by atoms with E-state index in [2.05, 4.69) is 5.32 Å². The van der Waals surface area contributed by atoms with Crippen LogP contribution in [0.2, 0.25) is 0 Å². The van der Waals surface area contributed by atoms with E-state index in [0.29, 0.717) is 6.42 Å². The Morgan fingerprint density at radius 1 is 0.971 bits per heavy atom. The predicted molar refractivity (Wildman–Crippen MR) is 137 cm³/mol. The molecule has 35 heavy (non-hydrogen) atoms. The molecule has 0 heterocycles. The molecule has 7 nitrogen and oxygen atoms in total. The molecule has 0 spiro atoms. The summed E-state index contributed by atoms with van der Waals surface area (Å²) in [5.41, 5.74) is 1.74. The van der Waals surface area contributed by atoms with E-state index in [1.807, 2.05) is 86.6 Å². The first-order valence-corrected chi connectivity index (χ1v) is 11.8. The van der Waals surface area contributed by atoms with Gasteiger partial charge in [0.05, 0.1) is 5.94 Å². The van der Waals surface area contributed by atoms with Crippen LogP contribution in [0.25, 0.3) is 10.8 Å². The highest BCUT2D eigenvalue weighted by atomic mass is 16.6. The number of likely N-dealkylation sites (N-methyl/N-ethyl adjacent to an activating group) is 1. The van der Waals surface area contributed by atoms with E-state index >= 15 is 0 Å². The molecule has 3 aromatic carbocycles. The molecule has 3 rings (SSSR count). The van der Waals surface area contributed by atoms with Gasteiger partial charge in [0, 0.05) is 13.5 Å². The highest BCUT2D eigenvalue weighted by molar-refractivity contribution is 6.43. The van der Waals surface area contributed by atoms with Crippen molar-refractivity contribution >= 4 is 29.9 Å². The first-order chi connectivity index (χ1) is 16.8. The number of hydrogen-bond donors (Lipinski definition) is 3. The lowest BCUT2D eigenvalue weighted by molar-refractivity contribution is -0.126. The molecule has 184 valence electrons. The molecular weight excluding hydrogens is 443 g/mol. The van der Waals surface area contributed by atoms with Gasteiger partial charge in [-0.3, -0.25) is 9.69 Å². The molecule has 3 aromatic rings. The fourth-order valence-corrected chi connectivity index (χ4v) is 4.07. The van der Waals surface area contributed by atoms with Crippen molar-refractivity contribution in [2.75, 3.05) is 7.05 Å². The topological polar surface area (TPSA) is 99.1 Å². The lowest BCUT2D eigenvalue weighted by atomic mass is 9.75. The van der Waals surface area contributed by atoms with Gasteiger partial charge in [-0.1, -0.05) is 86.6 Å². The van der Waals surface area contributed by atoms with Gasteiger partial charge in [-0.05, 0) is 34.2 Å². The molecule has 0 radical (unpaired) electrons. The van der Waals surface area contributed by atoms with E-state index in [9.17, 15) is 19.6 Å². The third-order valence-corrected chi connectivity index (χ3v) is 5.97. The lowest BCUT2D eigenvalue weighted by Gasteiger charge is -2.29. The number of ether oxygens (including phenoxy) is 1. The summed E-state index contributed by atoms with van der Waals surface area (Å²) in [4.78, 5) is 27.6. The van der Waals surface area contributed by atoms with Crippen LogP contribution in [0.3, 0.4) is 0 Å². The molecule has 0 fully saturated rings. The Morgan fingerprint density at radius 3 is 2.31 bits per heavy atom. The third kappa shape index (κ3) is 7.31. The normalized spacial score (nSPS) is 12.7. The largest absolute Gasteiger partial charge is 0.475 e. The fourth-order valence-electron chi connectivity index (χ4n) is 4.07. The van der Waals surface area contributed by atoms with Gasteiger partial charge < -0.3 is 20.1 Å². The van der Waals surface area contributed by atoms with E-state index < -0.39 is 31.1 Å². The van der Waals surface area contributed by atoms with Crippen LogP contribution >= 0.6 is 0 Å². The lowest BCUT2D eigenvalue weighted by Crippen LogP contribution is -2.55. The quantitative estimate of drug-likeness (QED) is 0.389. The Morgan fingerprint density at radius 2 is 1.63 bits per heavy atom. The van der Waals surface area contributed by atoms with Crippen molar-refractivity contribution in [2.45, 2.75) is 45.3 Å². The number of amides is 2. The van der Waals surface area contributed by atoms with Crippen molar-refractivity contribution in [2.24, 2.45) is 5.92 Å². The number of carbonyl (C=O) groups excluding carboxylic acids is 2. The monoisotopic (exact) mass is 476 g/mol. The van der Waals surface area contributed by atoms with Crippen LogP contribution in [0.15, 0.2) is 72.8 Å². The molecule has 0 unspecified atom stereocenters. The van der Waals surface area contributed by atoms with Gasteiger partial charge in [0.1, 0.15) is 12.6 Å². The molecule has 3 N–H and O–H groups in total. The number of fused-ring (bicyclic) bond motifs is 1. The second-order valence-electron chi connectivity index (χ2n) is 9.17. The van der Waals surface area contributed by atoms with Gasteiger partial charge in [0.2, 0.25) is 5.91 Å². The fraction of sp³-hybridized carbons (Fsp3) is 0.333. The van der Waals surface area contributed by atoms with E-state index in [1.54, 1.807) is 0 Å². The maximum Gasteiger partial charge on any atom is 0.475 e. The minimum absolute atomic E-state index is 0.0813. The first-order valence-electron chi connectivity index (χ1n) is 11.8. The Bertz CT molecular complexity index is 1120. The Labute approximate surface area is 206 Å². The van der Waals surface area contributed by atoms with E-state index in [4.69, 9.17) is 4.74 Å². The number of benzene rings is 3. The van der Waals surface area contributed by atoms with E-state index in [0.717, 1.165) is 21.9 Å². The molecular formula is C27H33BN2O5. The van der Waals surface area contributed by atoms with Gasteiger partial charge in [-0.25, -0.2) is 4.79 Å². The molecule has 0 aliphatic rings. The molecule has 2 amide bonds. The van der Waals surface area contributed by atoms with Gasteiger partial charge >= 0.3 is 13.2 Å². The van der Waals surface area contributed by atoms with Crippen LogP contribution in [-0.4, -0.2) is 53.1 Å². The zero-order chi connectivity index (χ0) is 25.4. The Hall–Kier alpha value is -3.36. The maximum absolute atomic E-state index is 13.4. The molecule has 0 aliphatic carbocycles. The van der Waals surface area contributed by atoms with Crippen molar-refractivity contribution in [3.05, 3.63) is 83.9 Å². The summed E-state index contributed by atoms with van der Waals surface area (Å²) < 4.78 is 5.47. The second-order valence-corrected chi connectivity index (χ2v) is 9.17. The van der Waals surface area contributed by atoms with Crippen LogP contribution in [0.5, 0.6) is 0 Å². The summed E-state index contributed by atoms with van der Waals surface area (Å²) >= 11 is 0. The molecule has 0 bridgehead atoms. The molecule has 0 aliphatic heterocycles. The van der Waals surface area contributed by atoms with Gasteiger partial charge in [0.15, 0.2) is 0 Å². The average molecular weight is 476 g/mol. The molecule has 8 heteroatoms. The molecule has 0 saturated carbocycles. The zero-order valence-electron chi connectivity index (χ0n) is 20.4. The number of rotatable bonds is 10. The molecule has 2 atom stereocenters. The average Bonchev–Trinajstić information content (AvgIpc) is 2.85. The Kier molecular flexibility index (Phi) is 9.28. The van der Waals surface area contributed by atoms with Crippen LogP contribution in [-0.2, 0) is 22.6 Å². The zero-order valence-corrected chi connectivity index (χ0v) is 20.4. The summed E-state index contributed by atoms with van der Waals surface area (Å²) in [5, 5.41) is 24.4. The van der Waals surface area contributed by atoms with Crippen LogP contribution in [0, 0.1) is 5.92 Å². The minimum Gasteiger partial charge on any atom is -0.445 e. The summed E-state index contributed by atoms with van der Waals surface area (Å²) in [7, 11) is -0.190. The standard InChI is InChI=1S/C27H33BN2O5/c1-19(2)16-25(28(33)34)29-26(31)24(17-22-14-9-13-21-12-7-8-15-23(21)22)30(3)27(32)35-18-20-10-5-4-6-11-20/h4-15,19,24-25,33-34H,16-18H2,1-3H3,(H,29,31)/t24-,25-/m0/s1. The predicted octanol–water partition coefficient (Wildman–Crippen LogP) is 3.56. The third-order valence-electron chi connectivity index (χ3n) is 5.97. The summed E-state index contributed by atoms with van der Waals surface area (Å²) in [6.45, 7) is 3.95.